The van der Waals surface area contributed by atoms with Gasteiger partial charge in [0.05, 0.1) is 5.75 Å². The lowest BCUT2D eigenvalue weighted by molar-refractivity contribution is -0.118. The van der Waals surface area contributed by atoms with Gasteiger partial charge in [-0.05, 0) is 31.4 Å². The number of benzene rings is 1. The number of thioether (sulfide) groups is 1. The molecule has 0 saturated carbocycles. The van der Waals surface area contributed by atoms with Crippen LogP contribution in [0.3, 0.4) is 0 Å². The molecule has 106 valence electrons. The Morgan fingerprint density at radius 3 is 2.85 bits per heavy atom. The first-order chi connectivity index (χ1) is 9.65. The van der Waals surface area contributed by atoms with Gasteiger partial charge in [-0.25, -0.2) is 4.98 Å². The van der Waals surface area contributed by atoms with Gasteiger partial charge in [0.2, 0.25) is 11.1 Å². The number of hydrogen-bond acceptors (Lipinski definition) is 4. The Labute approximate surface area is 122 Å². The van der Waals surface area contributed by atoms with Gasteiger partial charge >= 0.3 is 0 Å². The van der Waals surface area contributed by atoms with Crippen LogP contribution in [0, 0.1) is 13.8 Å². The van der Waals surface area contributed by atoms with Gasteiger partial charge < -0.3 is 5.32 Å². The zero-order valence-corrected chi connectivity index (χ0v) is 12.5. The first-order valence-corrected chi connectivity index (χ1v) is 7.46. The second kappa shape index (κ2) is 7.09. The van der Waals surface area contributed by atoms with Crippen molar-refractivity contribution in [3.05, 3.63) is 41.2 Å². The molecule has 0 aliphatic carbocycles. The third-order valence-electron chi connectivity index (χ3n) is 2.89. The Morgan fingerprint density at radius 2 is 2.15 bits per heavy atom. The van der Waals surface area contributed by atoms with Crippen molar-refractivity contribution in [1.29, 1.82) is 0 Å². The Morgan fingerprint density at radius 1 is 1.35 bits per heavy atom. The van der Waals surface area contributed by atoms with Gasteiger partial charge in [0.1, 0.15) is 5.82 Å². The van der Waals surface area contributed by atoms with Crippen LogP contribution in [0.15, 0.2) is 29.4 Å². The minimum absolute atomic E-state index is 0.00559. The number of nitrogens with zero attached hydrogens (tertiary/aromatic N) is 2. The topological polar surface area (TPSA) is 70.7 Å². The van der Waals surface area contributed by atoms with Crippen LogP contribution in [0.1, 0.15) is 17.0 Å². The summed E-state index contributed by atoms with van der Waals surface area (Å²) in [5.74, 6) is 1.10. The number of H-pyrrole nitrogens is 1. The highest BCUT2D eigenvalue weighted by Crippen LogP contribution is 2.11. The molecule has 5 nitrogen and oxygen atoms in total. The second-order valence-electron chi connectivity index (χ2n) is 4.52. The van der Waals surface area contributed by atoms with Crippen molar-refractivity contribution in [2.24, 2.45) is 0 Å². The molecule has 0 saturated heterocycles. The van der Waals surface area contributed by atoms with Crippen LogP contribution in [0.4, 0.5) is 0 Å². The van der Waals surface area contributed by atoms with E-state index in [0.717, 1.165) is 12.2 Å². The Bertz CT molecular complexity index is 582. The minimum Gasteiger partial charge on any atom is -0.355 e. The van der Waals surface area contributed by atoms with Crippen molar-refractivity contribution in [3.63, 3.8) is 0 Å². The summed E-state index contributed by atoms with van der Waals surface area (Å²) in [6.07, 6.45) is 0.850. The zero-order chi connectivity index (χ0) is 14.4. The minimum atomic E-state index is 0.00559. The number of aryl methyl sites for hydroxylation is 2. The monoisotopic (exact) mass is 290 g/mol. The Kier molecular flexibility index (Phi) is 5.17. The van der Waals surface area contributed by atoms with Gasteiger partial charge in [-0.3, -0.25) is 9.89 Å². The molecule has 6 heteroatoms. The third kappa shape index (κ3) is 4.38. The molecule has 1 aromatic heterocycles. The predicted molar refractivity (Wildman–Crippen MR) is 79.7 cm³/mol. The largest absolute Gasteiger partial charge is 0.355 e. The summed E-state index contributed by atoms with van der Waals surface area (Å²) in [5.41, 5.74) is 2.53. The van der Waals surface area contributed by atoms with Crippen molar-refractivity contribution in [2.45, 2.75) is 25.4 Å². The number of carbonyl (C=O) groups is 1. The molecule has 0 radical (unpaired) electrons. The molecule has 0 aliphatic rings. The van der Waals surface area contributed by atoms with E-state index in [9.17, 15) is 4.79 Å². The molecular weight excluding hydrogens is 272 g/mol. The molecule has 2 rings (SSSR count). The van der Waals surface area contributed by atoms with Gasteiger partial charge in [-0.2, -0.15) is 0 Å². The summed E-state index contributed by atoms with van der Waals surface area (Å²) in [6, 6.07) is 8.21. The number of nitrogens with one attached hydrogen (secondary N) is 2. The molecule has 1 aromatic carbocycles. The summed E-state index contributed by atoms with van der Waals surface area (Å²) >= 11 is 1.33. The Balaban J connectivity index is 1.69. The highest BCUT2D eigenvalue weighted by Gasteiger charge is 2.06. The SMILES string of the molecule is Cc1nc(SCC(=O)NCCc2ccccc2C)n[nH]1. The van der Waals surface area contributed by atoms with Gasteiger partial charge in [-0.15, -0.1) is 5.10 Å². The number of hydrogen-bond donors (Lipinski definition) is 2. The lowest BCUT2D eigenvalue weighted by Crippen LogP contribution is -2.27. The fourth-order valence-corrected chi connectivity index (χ4v) is 2.47. The third-order valence-corrected chi connectivity index (χ3v) is 3.73. The second-order valence-corrected chi connectivity index (χ2v) is 5.46. The highest BCUT2D eigenvalue weighted by atomic mass is 32.2. The summed E-state index contributed by atoms with van der Waals surface area (Å²) in [5, 5.41) is 10.2. The molecule has 1 amide bonds. The van der Waals surface area contributed by atoms with Crippen LogP contribution < -0.4 is 5.32 Å². The van der Waals surface area contributed by atoms with Crippen LogP contribution >= 0.6 is 11.8 Å². The molecule has 0 atom stereocenters. The van der Waals surface area contributed by atoms with E-state index in [4.69, 9.17) is 0 Å². The smallest absolute Gasteiger partial charge is 0.230 e. The molecule has 0 fully saturated rings. The average molecular weight is 290 g/mol. The average Bonchev–Trinajstić information content (AvgIpc) is 2.84. The number of aromatic amines is 1. The lowest BCUT2D eigenvalue weighted by Gasteiger charge is -2.06. The molecule has 0 bridgehead atoms. The van der Waals surface area contributed by atoms with E-state index in [1.807, 2.05) is 19.1 Å². The molecule has 2 aromatic rings. The standard InChI is InChI=1S/C14H18N4OS/c1-10-5-3-4-6-12(10)7-8-15-13(19)9-20-14-16-11(2)17-18-14/h3-6H,7-9H2,1-2H3,(H,15,19)(H,16,17,18). The highest BCUT2D eigenvalue weighted by molar-refractivity contribution is 7.99. The molecule has 0 aliphatic heterocycles. The molecule has 2 N–H and O–H groups in total. The van der Waals surface area contributed by atoms with E-state index in [2.05, 4.69) is 39.6 Å². The fraction of sp³-hybridized carbons (Fsp3) is 0.357. The quantitative estimate of drug-likeness (QED) is 0.797. The van der Waals surface area contributed by atoms with Gasteiger partial charge in [-0.1, -0.05) is 36.0 Å². The maximum absolute atomic E-state index is 11.7. The number of amides is 1. The Hall–Kier alpha value is -1.82. The van der Waals surface area contributed by atoms with Crippen molar-refractivity contribution in [1.82, 2.24) is 20.5 Å². The predicted octanol–water partition coefficient (Wildman–Crippen LogP) is 1.87. The number of carbonyl (C=O) groups excluding carboxylic acids is 1. The van der Waals surface area contributed by atoms with E-state index in [-0.39, 0.29) is 5.91 Å². The van der Waals surface area contributed by atoms with Crippen molar-refractivity contribution < 1.29 is 4.79 Å². The zero-order valence-electron chi connectivity index (χ0n) is 11.6. The molecular formula is C14H18N4OS. The van der Waals surface area contributed by atoms with Gasteiger partial charge in [0, 0.05) is 6.54 Å². The van der Waals surface area contributed by atoms with Crippen LogP contribution in [0.2, 0.25) is 0 Å². The summed E-state index contributed by atoms with van der Waals surface area (Å²) in [7, 11) is 0. The normalized spacial score (nSPS) is 10.5. The first kappa shape index (κ1) is 14.6. The van der Waals surface area contributed by atoms with Crippen LogP contribution in [-0.4, -0.2) is 33.4 Å². The maximum Gasteiger partial charge on any atom is 0.230 e. The van der Waals surface area contributed by atoms with Crippen molar-refractivity contribution in [3.8, 4) is 0 Å². The number of aromatic nitrogens is 3. The lowest BCUT2D eigenvalue weighted by atomic mass is 10.1. The molecule has 0 unspecified atom stereocenters. The summed E-state index contributed by atoms with van der Waals surface area (Å²) in [4.78, 5) is 15.8. The molecule has 0 spiro atoms. The summed E-state index contributed by atoms with van der Waals surface area (Å²) in [6.45, 7) is 4.56. The number of rotatable bonds is 6. The fourth-order valence-electron chi connectivity index (χ4n) is 1.80. The van der Waals surface area contributed by atoms with E-state index in [0.29, 0.717) is 17.5 Å². The maximum atomic E-state index is 11.7. The summed E-state index contributed by atoms with van der Waals surface area (Å²) < 4.78 is 0. The molecule has 1 heterocycles. The van der Waals surface area contributed by atoms with E-state index < -0.39 is 0 Å². The van der Waals surface area contributed by atoms with Gasteiger partial charge in [0.15, 0.2) is 0 Å². The van der Waals surface area contributed by atoms with Crippen molar-refractivity contribution >= 4 is 17.7 Å². The first-order valence-electron chi connectivity index (χ1n) is 6.48. The van der Waals surface area contributed by atoms with E-state index in [1.54, 1.807) is 0 Å². The van der Waals surface area contributed by atoms with E-state index in [1.165, 1.54) is 22.9 Å². The molecule has 20 heavy (non-hydrogen) atoms. The van der Waals surface area contributed by atoms with Crippen molar-refractivity contribution in [2.75, 3.05) is 12.3 Å². The van der Waals surface area contributed by atoms with Crippen LogP contribution in [-0.2, 0) is 11.2 Å². The van der Waals surface area contributed by atoms with E-state index >= 15 is 0 Å². The van der Waals surface area contributed by atoms with Crippen LogP contribution in [0.5, 0.6) is 0 Å². The van der Waals surface area contributed by atoms with Crippen LogP contribution in [0.25, 0.3) is 0 Å². The van der Waals surface area contributed by atoms with Gasteiger partial charge in [0.25, 0.3) is 0 Å².